The lowest BCUT2D eigenvalue weighted by Gasteiger charge is -2.23. The van der Waals surface area contributed by atoms with E-state index in [-0.39, 0.29) is 5.54 Å². The van der Waals surface area contributed by atoms with Crippen LogP contribution in [0.25, 0.3) is 0 Å². The van der Waals surface area contributed by atoms with Gasteiger partial charge in [-0.05, 0) is 70.1 Å². The lowest BCUT2D eigenvalue weighted by molar-refractivity contribution is 0.307. The SMILES string of the molecule is Cc1ccsc1CN1CCC(CNC(C)(C)C)C1. The molecule has 102 valence electrons. The molecule has 18 heavy (non-hydrogen) atoms. The van der Waals surface area contributed by atoms with Gasteiger partial charge in [-0.1, -0.05) is 0 Å². The summed E-state index contributed by atoms with van der Waals surface area (Å²) in [6.07, 6.45) is 1.34. The van der Waals surface area contributed by atoms with Crippen molar-refractivity contribution in [1.29, 1.82) is 0 Å². The van der Waals surface area contributed by atoms with Gasteiger partial charge in [0.25, 0.3) is 0 Å². The Morgan fingerprint density at radius 1 is 1.44 bits per heavy atom. The van der Waals surface area contributed by atoms with E-state index < -0.39 is 0 Å². The molecular weight excluding hydrogens is 240 g/mol. The molecule has 1 aromatic rings. The second kappa shape index (κ2) is 5.72. The van der Waals surface area contributed by atoms with Gasteiger partial charge in [0.1, 0.15) is 0 Å². The van der Waals surface area contributed by atoms with Crippen LogP contribution < -0.4 is 5.32 Å². The van der Waals surface area contributed by atoms with E-state index in [1.54, 1.807) is 4.88 Å². The van der Waals surface area contributed by atoms with Crippen molar-refractivity contribution in [2.24, 2.45) is 5.92 Å². The maximum Gasteiger partial charge on any atom is 0.0330 e. The minimum atomic E-state index is 0.248. The van der Waals surface area contributed by atoms with Crippen LogP contribution in [0.3, 0.4) is 0 Å². The first-order valence-electron chi connectivity index (χ1n) is 6.94. The summed E-state index contributed by atoms with van der Waals surface area (Å²) >= 11 is 1.90. The van der Waals surface area contributed by atoms with Crippen molar-refractivity contribution in [2.45, 2.75) is 46.2 Å². The molecule has 2 heterocycles. The maximum atomic E-state index is 3.63. The van der Waals surface area contributed by atoms with Crippen LogP contribution in [0.5, 0.6) is 0 Å². The minimum absolute atomic E-state index is 0.248. The molecule has 0 aromatic carbocycles. The van der Waals surface area contributed by atoms with Crippen molar-refractivity contribution in [1.82, 2.24) is 10.2 Å². The summed E-state index contributed by atoms with van der Waals surface area (Å²) < 4.78 is 0. The molecule has 2 nitrogen and oxygen atoms in total. The minimum Gasteiger partial charge on any atom is -0.312 e. The van der Waals surface area contributed by atoms with Crippen LogP contribution in [0.2, 0.25) is 0 Å². The molecule has 1 saturated heterocycles. The number of aryl methyl sites for hydroxylation is 1. The molecule has 3 heteroatoms. The number of rotatable bonds is 4. The van der Waals surface area contributed by atoms with E-state index in [0.717, 1.165) is 19.0 Å². The normalized spacial score (nSPS) is 21.7. The van der Waals surface area contributed by atoms with Crippen LogP contribution in [-0.2, 0) is 6.54 Å². The quantitative estimate of drug-likeness (QED) is 0.900. The van der Waals surface area contributed by atoms with Gasteiger partial charge in [0, 0.05) is 23.5 Å². The molecule has 0 saturated carbocycles. The summed E-state index contributed by atoms with van der Waals surface area (Å²) in [5.41, 5.74) is 1.70. The number of nitrogens with one attached hydrogen (secondary N) is 1. The number of likely N-dealkylation sites (tertiary alicyclic amines) is 1. The van der Waals surface area contributed by atoms with Gasteiger partial charge in [-0.15, -0.1) is 11.3 Å². The average molecular weight is 266 g/mol. The largest absolute Gasteiger partial charge is 0.312 e. The second-order valence-electron chi connectivity index (χ2n) is 6.55. The van der Waals surface area contributed by atoms with E-state index in [0.29, 0.717) is 0 Å². The lowest BCUT2D eigenvalue weighted by atomic mass is 10.1. The van der Waals surface area contributed by atoms with Gasteiger partial charge in [0.2, 0.25) is 0 Å². The number of hydrogen-bond donors (Lipinski definition) is 1. The fourth-order valence-electron chi connectivity index (χ4n) is 2.44. The highest BCUT2D eigenvalue weighted by Gasteiger charge is 2.24. The summed E-state index contributed by atoms with van der Waals surface area (Å²) in [4.78, 5) is 4.15. The smallest absolute Gasteiger partial charge is 0.0330 e. The van der Waals surface area contributed by atoms with Gasteiger partial charge in [0.15, 0.2) is 0 Å². The Morgan fingerprint density at radius 2 is 2.22 bits per heavy atom. The number of nitrogens with zero attached hydrogens (tertiary/aromatic N) is 1. The molecule has 1 aliphatic rings. The summed E-state index contributed by atoms with van der Waals surface area (Å²) in [6.45, 7) is 13.8. The Balaban J connectivity index is 1.77. The predicted molar refractivity (Wildman–Crippen MR) is 80.2 cm³/mol. The predicted octanol–water partition coefficient (Wildman–Crippen LogP) is 3.27. The van der Waals surface area contributed by atoms with Crippen LogP contribution in [0.15, 0.2) is 11.4 Å². The third-order valence-corrected chi connectivity index (χ3v) is 4.63. The van der Waals surface area contributed by atoms with E-state index in [9.17, 15) is 0 Å². The third kappa shape index (κ3) is 4.08. The monoisotopic (exact) mass is 266 g/mol. The fourth-order valence-corrected chi connectivity index (χ4v) is 3.39. The molecule has 0 amide bonds. The Morgan fingerprint density at radius 3 is 2.83 bits per heavy atom. The Kier molecular flexibility index (Phi) is 4.46. The Bertz CT molecular complexity index is 378. The highest BCUT2D eigenvalue weighted by Crippen LogP contribution is 2.23. The lowest BCUT2D eigenvalue weighted by Crippen LogP contribution is -2.39. The van der Waals surface area contributed by atoms with Gasteiger partial charge in [-0.3, -0.25) is 4.90 Å². The molecule has 0 bridgehead atoms. The zero-order valence-corrected chi connectivity index (χ0v) is 12.9. The molecule has 1 atom stereocenters. The van der Waals surface area contributed by atoms with Gasteiger partial charge < -0.3 is 5.32 Å². The summed E-state index contributed by atoms with van der Waals surface area (Å²) in [6, 6.07) is 2.23. The molecule has 1 aliphatic heterocycles. The van der Waals surface area contributed by atoms with Crippen LogP contribution in [0.4, 0.5) is 0 Å². The van der Waals surface area contributed by atoms with E-state index >= 15 is 0 Å². The van der Waals surface area contributed by atoms with Crippen LogP contribution in [-0.4, -0.2) is 30.1 Å². The van der Waals surface area contributed by atoms with Crippen molar-refractivity contribution >= 4 is 11.3 Å². The zero-order chi connectivity index (χ0) is 13.2. The third-order valence-electron chi connectivity index (χ3n) is 3.63. The molecule has 2 rings (SSSR count). The van der Waals surface area contributed by atoms with E-state index in [1.807, 2.05) is 11.3 Å². The summed E-state index contributed by atoms with van der Waals surface area (Å²) in [7, 11) is 0. The maximum absolute atomic E-state index is 3.63. The van der Waals surface area contributed by atoms with Crippen LogP contribution in [0.1, 0.15) is 37.6 Å². The first-order chi connectivity index (χ1) is 8.44. The topological polar surface area (TPSA) is 15.3 Å². The molecular formula is C15H26N2S. The van der Waals surface area contributed by atoms with E-state index in [2.05, 4.69) is 49.4 Å². The molecule has 0 aliphatic carbocycles. The van der Waals surface area contributed by atoms with Crippen LogP contribution >= 0.6 is 11.3 Å². The average Bonchev–Trinajstić information content (AvgIpc) is 2.86. The Labute approximate surface area is 115 Å². The molecule has 1 fully saturated rings. The van der Waals surface area contributed by atoms with E-state index in [1.165, 1.54) is 25.1 Å². The zero-order valence-electron chi connectivity index (χ0n) is 12.1. The van der Waals surface area contributed by atoms with Crippen molar-refractivity contribution in [3.63, 3.8) is 0 Å². The Hall–Kier alpha value is -0.380. The molecule has 1 N–H and O–H groups in total. The summed E-state index contributed by atoms with van der Waals surface area (Å²) in [5.74, 6) is 0.824. The van der Waals surface area contributed by atoms with Gasteiger partial charge >= 0.3 is 0 Å². The van der Waals surface area contributed by atoms with Gasteiger partial charge in [-0.25, -0.2) is 0 Å². The van der Waals surface area contributed by atoms with Crippen molar-refractivity contribution < 1.29 is 0 Å². The first kappa shape index (κ1) is 14.0. The number of thiophene rings is 1. The van der Waals surface area contributed by atoms with Gasteiger partial charge in [-0.2, -0.15) is 0 Å². The van der Waals surface area contributed by atoms with Crippen molar-refractivity contribution in [2.75, 3.05) is 19.6 Å². The highest BCUT2D eigenvalue weighted by molar-refractivity contribution is 7.10. The highest BCUT2D eigenvalue weighted by atomic mass is 32.1. The molecule has 0 radical (unpaired) electrons. The van der Waals surface area contributed by atoms with E-state index in [4.69, 9.17) is 0 Å². The summed E-state index contributed by atoms with van der Waals surface area (Å²) in [5, 5.41) is 5.84. The standard InChI is InChI=1S/C15H26N2S/c1-12-6-8-18-14(12)11-17-7-5-13(10-17)9-16-15(2,3)4/h6,8,13,16H,5,7,9-11H2,1-4H3. The number of hydrogen-bond acceptors (Lipinski definition) is 3. The molecule has 0 spiro atoms. The van der Waals surface area contributed by atoms with Gasteiger partial charge in [0.05, 0.1) is 0 Å². The fraction of sp³-hybridized carbons (Fsp3) is 0.733. The van der Waals surface area contributed by atoms with Crippen molar-refractivity contribution in [3.05, 3.63) is 21.9 Å². The molecule has 1 aromatic heterocycles. The van der Waals surface area contributed by atoms with Crippen LogP contribution in [0, 0.1) is 12.8 Å². The second-order valence-corrected chi connectivity index (χ2v) is 7.55. The first-order valence-corrected chi connectivity index (χ1v) is 7.82. The molecule has 1 unspecified atom stereocenters. The van der Waals surface area contributed by atoms with Crippen molar-refractivity contribution in [3.8, 4) is 0 Å².